The predicted octanol–water partition coefficient (Wildman–Crippen LogP) is 4.36. The van der Waals surface area contributed by atoms with E-state index in [9.17, 15) is 0 Å². The van der Waals surface area contributed by atoms with Crippen molar-refractivity contribution < 1.29 is 0 Å². The summed E-state index contributed by atoms with van der Waals surface area (Å²) in [4.78, 5) is 5.86. The van der Waals surface area contributed by atoms with E-state index < -0.39 is 0 Å². The summed E-state index contributed by atoms with van der Waals surface area (Å²) in [6.07, 6.45) is 2.01. The van der Waals surface area contributed by atoms with Gasteiger partial charge in [0.25, 0.3) is 0 Å². The van der Waals surface area contributed by atoms with Gasteiger partial charge in [0.15, 0.2) is 0 Å². The van der Waals surface area contributed by atoms with Gasteiger partial charge in [-0.05, 0) is 23.8 Å². The minimum absolute atomic E-state index is 0.350. The molecule has 0 spiro atoms. The van der Waals surface area contributed by atoms with E-state index in [-0.39, 0.29) is 0 Å². The summed E-state index contributed by atoms with van der Waals surface area (Å²) in [6, 6.07) is 4.64. The Hall–Kier alpha value is -0.940. The van der Waals surface area contributed by atoms with E-state index in [1.807, 2.05) is 0 Å². The van der Waals surface area contributed by atoms with Gasteiger partial charge in [0.05, 0.1) is 6.04 Å². The molecule has 2 rings (SSSR count). The van der Waals surface area contributed by atoms with E-state index in [0.29, 0.717) is 12.0 Å². The summed E-state index contributed by atoms with van der Waals surface area (Å²) >= 11 is 3.26. The summed E-state index contributed by atoms with van der Waals surface area (Å²) in [7, 11) is 0. The molecule has 5 heteroatoms. The molecule has 0 bridgehead atoms. The monoisotopic (exact) mass is 281 g/mol. The normalized spacial score (nSPS) is 12.9. The molecule has 0 aliphatic carbocycles. The lowest BCUT2D eigenvalue weighted by Crippen LogP contribution is -2.12. The van der Waals surface area contributed by atoms with Gasteiger partial charge in [-0.15, -0.1) is 11.3 Å². The van der Waals surface area contributed by atoms with Gasteiger partial charge in [0.2, 0.25) is 5.13 Å². The fourth-order valence-corrected chi connectivity index (χ4v) is 3.31. The molecule has 2 aromatic heterocycles. The van der Waals surface area contributed by atoms with Gasteiger partial charge in [0.1, 0.15) is 5.82 Å². The maximum absolute atomic E-state index is 4.49. The predicted molar refractivity (Wildman–Crippen MR) is 79.4 cm³/mol. The largest absolute Gasteiger partial charge is 0.353 e. The van der Waals surface area contributed by atoms with Crippen molar-refractivity contribution in [2.75, 3.05) is 5.32 Å². The molecule has 0 fully saturated rings. The second-order valence-electron chi connectivity index (χ2n) is 4.71. The molecule has 0 aliphatic rings. The second-order valence-corrected chi connectivity index (χ2v) is 6.44. The molecule has 1 N–H and O–H groups in total. The number of aromatic nitrogens is 2. The third-order valence-corrected chi connectivity index (χ3v) is 4.35. The second kappa shape index (κ2) is 6.29. The van der Waals surface area contributed by atoms with Crippen LogP contribution in [0.4, 0.5) is 5.13 Å². The quantitative estimate of drug-likeness (QED) is 0.854. The number of nitrogens with zero attached hydrogens (tertiary/aromatic N) is 2. The van der Waals surface area contributed by atoms with Crippen LogP contribution in [0.3, 0.4) is 0 Å². The number of hydrogen-bond donors (Lipinski definition) is 1. The zero-order valence-electron chi connectivity index (χ0n) is 11.0. The summed E-state index contributed by atoms with van der Waals surface area (Å²) in [5.74, 6) is 1.58. The summed E-state index contributed by atoms with van der Waals surface area (Å²) in [5, 5.41) is 6.59. The van der Waals surface area contributed by atoms with Gasteiger partial charge in [0, 0.05) is 22.8 Å². The average Bonchev–Trinajstić information content (AvgIpc) is 2.98. The average molecular weight is 281 g/mol. The zero-order valence-corrected chi connectivity index (χ0v) is 12.6. The van der Waals surface area contributed by atoms with E-state index >= 15 is 0 Å². The van der Waals surface area contributed by atoms with Gasteiger partial charge in [-0.1, -0.05) is 26.8 Å². The summed E-state index contributed by atoms with van der Waals surface area (Å²) in [6.45, 7) is 6.58. The molecule has 0 saturated heterocycles. The van der Waals surface area contributed by atoms with Crippen molar-refractivity contribution in [1.82, 2.24) is 9.36 Å². The van der Waals surface area contributed by atoms with E-state index in [0.717, 1.165) is 23.8 Å². The van der Waals surface area contributed by atoms with Crippen molar-refractivity contribution in [2.45, 2.75) is 39.7 Å². The maximum Gasteiger partial charge on any atom is 0.203 e. The first-order valence-electron chi connectivity index (χ1n) is 6.31. The molecule has 0 amide bonds. The first-order valence-corrected chi connectivity index (χ1v) is 7.96. The zero-order chi connectivity index (χ0) is 13.0. The highest BCUT2D eigenvalue weighted by Crippen LogP contribution is 2.29. The van der Waals surface area contributed by atoms with Crippen LogP contribution in [0.5, 0.6) is 0 Å². The Balaban J connectivity index is 2.09. The third kappa shape index (κ3) is 3.53. The number of rotatable bonds is 6. The van der Waals surface area contributed by atoms with Crippen LogP contribution in [0.15, 0.2) is 17.5 Å². The standard InChI is InChI=1S/C13H19N3S2/c1-4-12-15-13(18-16-12)14-10(8-9(2)3)11-6-5-7-17-11/h5-7,9-10H,4,8H2,1-3H3,(H,14,15,16). The Kier molecular flexibility index (Phi) is 4.72. The Morgan fingerprint density at radius 1 is 1.39 bits per heavy atom. The van der Waals surface area contributed by atoms with Crippen LogP contribution in [0.2, 0.25) is 0 Å². The Labute approximate surface area is 116 Å². The van der Waals surface area contributed by atoms with Gasteiger partial charge >= 0.3 is 0 Å². The minimum Gasteiger partial charge on any atom is -0.353 e. The van der Waals surface area contributed by atoms with Gasteiger partial charge in [-0.3, -0.25) is 0 Å². The van der Waals surface area contributed by atoms with Crippen molar-refractivity contribution in [3.05, 3.63) is 28.2 Å². The first kappa shape index (κ1) is 13.5. The van der Waals surface area contributed by atoms with Crippen LogP contribution in [0.25, 0.3) is 0 Å². The highest BCUT2D eigenvalue weighted by molar-refractivity contribution is 7.10. The maximum atomic E-state index is 4.49. The van der Waals surface area contributed by atoms with E-state index in [2.05, 4.69) is 53.0 Å². The van der Waals surface area contributed by atoms with Crippen LogP contribution in [-0.4, -0.2) is 9.36 Å². The molecule has 2 aromatic rings. The Morgan fingerprint density at radius 3 is 2.78 bits per heavy atom. The smallest absolute Gasteiger partial charge is 0.203 e. The highest BCUT2D eigenvalue weighted by Gasteiger charge is 2.16. The number of anilines is 1. The molecule has 3 nitrogen and oxygen atoms in total. The lowest BCUT2D eigenvalue weighted by molar-refractivity contribution is 0.535. The van der Waals surface area contributed by atoms with Gasteiger partial charge in [-0.25, -0.2) is 4.98 Å². The van der Waals surface area contributed by atoms with Crippen molar-refractivity contribution in [2.24, 2.45) is 5.92 Å². The molecule has 0 aliphatic heterocycles. The fourth-order valence-electron chi connectivity index (χ4n) is 1.81. The number of thiophene rings is 1. The van der Waals surface area contributed by atoms with E-state index in [1.54, 1.807) is 11.3 Å². The van der Waals surface area contributed by atoms with Crippen molar-refractivity contribution in [1.29, 1.82) is 0 Å². The van der Waals surface area contributed by atoms with E-state index in [1.165, 1.54) is 16.4 Å². The topological polar surface area (TPSA) is 37.8 Å². The van der Waals surface area contributed by atoms with Crippen molar-refractivity contribution in [3.63, 3.8) is 0 Å². The molecule has 18 heavy (non-hydrogen) atoms. The molecule has 2 heterocycles. The summed E-state index contributed by atoms with van der Waals surface area (Å²) in [5.41, 5.74) is 0. The Morgan fingerprint density at radius 2 is 2.22 bits per heavy atom. The van der Waals surface area contributed by atoms with Gasteiger partial charge in [-0.2, -0.15) is 4.37 Å². The van der Waals surface area contributed by atoms with Crippen LogP contribution >= 0.6 is 22.9 Å². The molecule has 1 unspecified atom stereocenters. The molecule has 98 valence electrons. The molecular weight excluding hydrogens is 262 g/mol. The van der Waals surface area contributed by atoms with Crippen LogP contribution < -0.4 is 5.32 Å². The lowest BCUT2D eigenvalue weighted by Gasteiger charge is -2.18. The van der Waals surface area contributed by atoms with E-state index in [4.69, 9.17) is 0 Å². The molecule has 0 aromatic carbocycles. The Bertz CT molecular complexity index is 462. The van der Waals surface area contributed by atoms with Crippen LogP contribution in [0.1, 0.15) is 43.9 Å². The van der Waals surface area contributed by atoms with Gasteiger partial charge < -0.3 is 5.32 Å². The number of nitrogens with one attached hydrogen (secondary N) is 1. The molecule has 1 atom stereocenters. The van der Waals surface area contributed by atoms with Crippen LogP contribution in [0, 0.1) is 5.92 Å². The number of aryl methyl sites for hydroxylation is 1. The summed E-state index contributed by atoms with van der Waals surface area (Å²) < 4.78 is 4.32. The first-order chi connectivity index (χ1) is 8.69. The molecule has 0 saturated carbocycles. The lowest BCUT2D eigenvalue weighted by atomic mass is 10.0. The SMILES string of the molecule is CCc1nsc(NC(CC(C)C)c2cccs2)n1. The van der Waals surface area contributed by atoms with Crippen molar-refractivity contribution >= 4 is 28.0 Å². The molecular formula is C13H19N3S2. The molecule has 0 radical (unpaired) electrons. The van der Waals surface area contributed by atoms with Crippen LogP contribution in [-0.2, 0) is 6.42 Å². The minimum atomic E-state index is 0.350. The third-order valence-electron chi connectivity index (χ3n) is 2.68. The number of hydrogen-bond acceptors (Lipinski definition) is 5. The highest BCUT2D eigenvalue weighted by atomic mass is 32.1. The van der Waals surface area contributed by atoms with Crippen molar-refractivity contribution in [3.8, 4) is 0 Å². The fraction of sp³-hybridized carbons (Fsp3) is 0.538.